The molecule has 182 valence electrons. The number of likely N-dealkylation sites (tertiary alicyclic amines) is 1. The van der Waals surface area contributed by atoms with Crippen LogP contribution in [0, 0.1) is 5.92 Å². The summed E-state index contributed by atoms with van der Waals surface area (Å²) in [5.74, 6) is 1.78. The lowest BCUT2D eigenvalue weighted by Gasteiger charge is -2.33. The Hall–Kier alpha value is -3.14. The number of anilines is 1. The molecule has 2 aromatic heterocycles. The maximum atomic E-state index is 13.2. The molecular formula is C24H31N5O5. The number of methoxy groups -OCH3 is 2. The number of carbonyl (C=O) groups is 1. The summed E-state index contributed by atoms with van der Waals surface area (Å²) in [5, 5.41) is 0. The smallest absolute Gasteiger partial charge is 0.256 e. The first-order chi connectivity index (χ1) is 16.7. The van der Waals surface area contributed by atoms with Crippen molar-refractivity contribution in [3.05, 3.63) is 29.8 Å². The first-order valence-corrected chi connectivity index (χ1v) is 11.9. The van der Waals surface area contributed by atoms with E-state index in [0.717, 1.165) is 62.1 Å². The van der Waals surface area contributed by atoms with E-state index in [1.54, 1.807) is 26.7 Å². The number of hydrogen-bond donors (Lipinski definition) is 0. The van der Waals surface area contributed by atoms with Crippen LogP contribution < -0.4 is 19.1 Å². The molecule has 10 heteroatoms. The number of hydrogen-bond acceptors (Lipinski definition) is 9. The van der Waals surface area contributed by atoms with Gasteiger partial charge in [0.05, 0.1) is 43.9 Å². The van der Waals surface area contributed by atoms with Gasteiger partial charge in [-0.25, -0.2) is 15.0 Å². The van der Waals surface area contributed by atoms with Crippen LogP contribution in [0.2, 0.25) is 0 Å². The van der Waals surface area contributed by atoms with Crippen LogP contribution in [0.3, 0.4) is 0 Å². The highest BCUT2D eigenvalue weighted by Crippen LogP contribution is 2.34. The van der Waals surface area contributed by atoms with Crippen LogP contribution in [-0.4, -0.2) is 72.5 Å². The third-order valence-electron chi connectivity index (χ3n) is 6.84. The van der Waals surface area contributed by atoms with Gasteiger partial charge >= 0.3 is 0 Å². The molecule has 5 heterocycles. The van der Waals surface area contributed by atoms with Gasteiger partial charge in [0.15, 0.2) is 12.0 Å². The largest absolute Gasteiger partial charge is 0.491 e. The van der Waals surface area contributed by atoms with Crippen molar-refractivity contribution in [2.45, 2.75) is 44.9 Å². The fourth-order valence-electron chi connectivity index (χ4n) is 4.95. The average molecular weight is 470 g/mol. The summed E-state index contributed by atoms with van der Waals surface area (Å²) in [6, 6.07) is 1.92. The zero-order chi connectivity index (χ0) is 23.5. The van der Waals surface area contributed by atoms with Gasteiger partial charge in [0.25, 0.3) is 5.88 Å². The van der Waals surface area contributed by atoms with Crippen LogP contribution in [0.4, 0.5) is 5.69 Å². The van der Waals surface area contributed by atoms with Crippen LogP contribution in [0.25, 0.3) is 0 Å². The Morgan fingerprint density at radius 2 is 1.91 bits per heavy atom. The Balaban J connectivity index is 1.34. The molecule has 2 fully saturated rings. The fraction of sp³-hybridized carbons (Fsp3) is 0.583. The predicted octanol–water partition coefficient (Wildman–Crippen LogP) is 2.21. The van der Waals surface area contributed by atoms with Gasteiger partial charge in [0.2, 0.25) is 11.8 Å². The van der Waals surface area contributed by atoms with Crippen molar-refractivity contribution in [3.8, 4) is 17.5 Å². The second-order valence-electron chi connectivity index (χ2n) is 8.81. The molecule has 5 rings (SSSR count). The van der Waals surface area contributed by atoms with E-state index in [1.165, 1.54) is 0 Å². The molecule has 0 radical (unpaired) electrons. The zero-order valence-corrected chi connectivity index (χ0v) is 19.7. The summed E-state index contributed by atoms with van der Waals surface area (Å²) >= 11 is 0. The molecule has 0 bridgehead atoms. The molecule has 3 aliphatic rings. The molecule has 1 atom stereocenters. The van der Waals surface area contributed by atoms with E-state index >= 15 is 0 Å². The third kappa shape index (κ3) is 4.46. The van der Waals surface area contributed by atoms with Crippen LogP contribution in [0.5, 0.6) is 17.5 Å². The van der Waals surface area contributed by atoms with E-state index in [0.29, 0.717) is 37.3 Å². The van der Waals surface area contributed by atoms with Gasteiger partial charge in [-0.15, -0.1) is 0 Å². The first-order valence-electron chi connectivity index (χ1n) is 11.9. The van der Waals surface area contributed by atoms with Crippen molar-refractivity contribution in [2.24, 2.45) is 5.92 Å². The number of nitrogens with zero attached hydrogens (tertiary/aromatic N) is 5. The van der Waals surface area contributed by atoms with Gasteiger partial charge in [-0.2, -0.15) is 0 Å². The molecule has 0 spiro atoms. The maximum Gasteiger partial charge on any atom is 0.256 e. The third-order valence-corrected chi connectivity index (χ3v) is 6.84. The molecule has 2 aromatic rings. The fourth-order valence-corrected chi connectivity index (χ4v) is 4.95. The minimum atomic E-state index is -0.299. The van der Waals surface area contributed by atoms with Crippen LogP contribution >= 0.6 is 0 Å². The summed E-state index contributed by atoms with van der Waals surface area (Å²) in [7, 11) is 3.17. The van der Waals surface area contributed by atoms with E-state index in [2.05, 4.69) is 19.9 Å². The van der Waals surface area contributed by atoms with E-state index in [1.807, 2.05) is 11.0 Å². The number of amides is 1. The highest BCUT2D eigenvalue weighted by Gasteiger charge is 2.36. The quantitative estimate of drug-likeness (QED) is 0.630. The highest BCUT2D eigenvalue weighted by molar-refractivity contribution is 5.79. The Morgan fingerprint density at radius 1 is 1.06 bits per heavy atom. The van der Waals surface area contributed by atoms with Crippen molar-refractivity contribution in [1.82, 2.24) is 19.9 Å². The lowest BCUT2D eigenvalue weighted by atomic mass is 9.99. The minimum absolute atomic E-state index is 0.0188. The van der Waals surface area contributed by atoms with Crippen molar-refractivity contribution in [3.63, 3.8) is 0 Å². The number of aromatic nitrogens is 3. The minimum Gasteiger partial charge on any atom is -0.491 e. The van der Waals surface area contributed by atoms with Crippen molar-refractivity contribution in [2.75, 3.05) is 45.4 Å². The second-order valence-corrected chi connectivity index (χ2v) is 8.81. The average Bonchev–Trinajstić information content (AvgIpc) is 3.36. The van der Waals surface area contributed by atoms with E-state index in [4.69, 9.17) is 18.9 Å². The van der Waals surface area contributed by atoms with Gasteiger partial charge in [-0.1, -0.05) is 0 Å². The monoisotopic (exact) mass is 469 g/mol. The Morgan fingerprint density at radius 3 is 2.71 bits per heavy atom. The molecular weight excluding hydrogens is 438 g/mol. The number of carbonyl (C=O) groups excluding carboxylic acids is 1. The maximum absolute atomic E-state index is 13.2. The lowest BCUT2D eigenvalue weighted by molar-refractivity contribution is -0.144. The summed E-state index contributed by atoms with van der Waals surface area (Å²) in [6.07, 6.45) is 7.08. The first kappa shape index (κ1) is 22.6. The molecule has 0 aliphatic carbocycles. The molecule has 1 amide bonds. The summed E-state index contributed by atoms with van der Waals surface area (Å²) < 4.78 is 22.5. The summed E-state index contributed by atoms with van der Waals surface area (Å²) in [5.41, 5.74) is 2.86. The van der Waals surface area contributed by atoms with Gasteiger partial charge in [0.1, 0.15) is 6.33 Å². The van der Waals surface area contributed by atoms with Gasteiger partial charge in [-0.05, 0) is 19.3 Å². The number of fused-ring (bicyclic) bond motifs is 1. The van der Waals surface area contributed by atoms with Crippen LogP contribution in [0.1, 0.15) is 36.9 Å². The molecule has 0 N–H and O–H groups in total. The Kier molecular flexibility index (Phi) is 6.66. The zero-order valence-electron chi connectivity index (χ0n) is 19.7. The number of rotatable bonds is 6. The van der Waals surface area contributed by atoms with E-state index < -0.39 is 0 Å². The lowest BCUT2D eigenvalue weighted by Crippen LogP contribution is -2.44. The molecule has 3 aliphatic heterocycles. The standard InChI is InChI=1S/C24H31N5O5/c1-31-20-12-17(13-25-23(20)32-2)28-9-5-19-18(14-28)22(27-15-26-19)34-21-4-3-8-29(21)24(30)16-6-10-33-11-7-16/h12-13,15-16,21H,3-11,14H2,1-2H3/t21-/m0/s1. The van der Waals surface area contributed by atoms with Gasteiger partial charge < -0.3 is 28.7 Å². The number of pyridine rings is 1. The van der Waals surface area contributed by atoms with Gasteiger partial charge in [0, 0.05) is 51.1 Å². The Bertz CT molecular complexity index is 1030. The van der Waals surface area contributed by atoms with Crippen LogP contribution in [0.15, 0.2) is 18.6 Å². The van der Waals surface area contributed by atoms with Crippen molar-refractivity contribution >= 4 is 11.6 Å². The normalized spacial score (nSPS) is 20.7. The van der Waals surface area contributed by atoms with E-state index in [9.17, 15) is 4.79 Å². The van der Waals surface area contributed by atoms with Crippen molar-refractivity contribution < 1.29 is 23.7 Å². The molecule has 0 unspecified atom stereocenters. The summed E-state index contributed by atoms with van der Waals surface area (Å²) in [4.78, 5) is 30.6. The molecule has 10 nitrogen and oxygen atoms in total. The second kappa shape index (κ2) is 10.0. The molecule has 34 heavy (non-hydrogen) atoms. The highest BCUT2D eigenvalue weighted by atomic mass is 16.5. The Labute approximate surface area is 199 Å². The predicted molar refractivity (Wildman–Crippen MR) is 123 cm³/mol. The van der Waals surface area contributed by atoms with Crippen molar-refractivity contribution in [1.29, 1.82) is 0 Å². The molecule has 0 saturated carbocycles. The van der Waals surface area contributed by atoms with Gasteiger partial charge in [-0.3, -0.25) is 4.79 Å². The molecule has 0 aromatic carbocycles. The van der Waals surface area contributed by atoms with E-state index in [-0.39, 0.29) is 18.1 Å². The molecule has 2 saturated heterocycles. The topological polar surface area (TPSA) is 99.1 Å². The SMILES string of the molecule is COc1cc(N2CCc3ncnc(O[C@H]4CCCN4C(=O)C4CCOCC4)c3C2)cnc1OC. The summed E-state index contributed by atoms with van der Waals surface area (Å²) in [6.45, 7) is 3.39. The number of ether oxygens (including phenoxy) is 4. The van der Waals surface area contributed by atoms with Crippen LogP contribution in [-0.2, 0) is 22.5 Å².